The normalized spacial score (nSPS) is 11.1. The van der Waals surface area contributed by atoms with Gasteiger partial charge in [-0.2, -0.15) is 0 Å². The SMILES string of the molecule is CN(C)C(=O)c1ccc(NC(=O)C(C)(C)CCl)cc1Cl. The summed E-state index contributed by atoms with van der Waals surface area (Å²) in [6.07, 6.45) is 0. The summed E-state index contributed by atoms with van der Waals surface area (Å²) in [5, 5.41) is 3.03. The zero-order chi connectivity index (χ0) is 15.5. The Morgan fingerprint density at radius 1 is 1.30 bits per heavy atom. The third kappa shape index (κ3) is 3.87. The van der Waals surface area contributed by atoms with Crippen LogP contribution in [0.3, 0.4) is 0 Å². The van der Waals surface area contributed by atoms with Crippen LogP contribution >= 0.6 is 23.2 Å². The van der Waals surface area contributed by atoms with E-state index >= 15 is 0 Å². The summed E-state index contributed by atoms with van der Waals surface area (Å²) in [5.74, 6) is -0.173. The Hall–Kier alpha value is -1.26. The largest absolute Gasteiger partial charge is 0.345 e. The number of nitrogens with zero attached hydrogens (tertiary/aromatic N) is 1. The Kier molecular flexibility index (Phi) is 5.42. The van der Waals surface area contributed by atoms with Crippen LogP contribution < -0.4 is 5.32 Å². The number of alkyl halides is 1. The van der Waals surface area contributed by atoms with E-state index in [-0.39, 0.29) is 17.7 Å². The average molecular weight is 317 g/mol. The van der Waals surface area contributed by atoms with Gasteiger partial charge in [-0.1, -0.05) is 11.6 Å². The molecule has 1 N–H and O–H groups in total. The van der Waals surface area contributed by atoms with Crippen LogP contribution in [-0.4, -0.2) is 36.7 Å². The Bertz CT molecular complexity index is 528. The van der Waals surface area contributed by atoms with Crippen LogP contribution in [0.1, 0.15) is 24.2 Å². The van der Waals surface area contributed by atoms with Gasteiger partial charge in [-0.05, 0) is 32.0 Å². The molecule has 20 heavy (non-hydrogen) atoms. The van der Waals surface area contributed by atoms with Crippen LogP contribution in [0, 0.1) is 5.41 Å². The fourth-order valence-electron chi connectivity index (χ4n) is 1.37. The Morgan fingerprint density at radius 2 is 1.90 bits per heavy atom. The number of carbonyl (C=O) groups is 2. The summed E-state index contributed by atoms with van der Waals surface area (Å²) in [6.45, 7) is 3.50. The smallest absolute Gasteiger partial charge is 0.254 e. The number of benzene rings is 1. The number of amides is 2. The molecule has 0 fully saturated rings. The van der Waals surface area contributed by atoms with Gasteiger partial charge in [-0.15, -0.1) is 11.6 Å². The van der Waals surface area contributed by atoms with Gasteiger partial charge in [0.15, 0.2) is 0 Å². The molecule has 110 valence electrons. The second kappa shape index (κ2) is 6.46. The molecule has 0 aliphatic rings. The minimum Gasteiger partial charge on any atom is -0.345 e. The van der Waals surface area contributed by atoms with Crippen molar-refractivity contribution in [2.45, 2.75) is 13.8 Å². The molecular weight excluding hydrogens is 299 g/mol. The van der Waals surface area contributed by atoms with E-state index in [1.165, 1.54) is 4.90 Å². The number of rotatable bonds is 4. The fourth-order valence-corrected chi connectivity index (χ4v) is 1.75. The van der Waals surface area contributed by atoms with E-state index in [9.17, 15) is 9.59 Å². The van der Waals surface area contributed by atoms with E-state index in [4.69, 9.17) is 23.2 Å². The zero-order valence-corrected chi connectivity index (χ0v) is 13.5. The summed E-state index contributed by atoms with van der Waals surface area (Å²) in [5.41, 5.74) is 0.256. The molecule has 0 bridgehead atoms. The van der Waals surface area contributed by atoms with E-state index in [1.807, 2.05) is 0 Å². The van der Waals surface area contributed by atoms with Crippen LogP contribution in [0.15, 0.2) is 18.2 Å². The van der Waals surface area contributed by atoms with Gasteiger partial charge >= 0.3 is 0 Å². The summed E-state index contributed by atoms with van der Waals surface area (Å²) in [6, 6.07) is 4.79. The van der Waals surface area contributed by atoms with Gasteiger partial charge in [0, 0.05) is 25.7 Å². The van der Waals surface area contributed by atoms with Gasteiger partial charge in [0.05, 0.1) is 16.0 Å². The molecule has 0 unspecified atom stereocenters. The van der Waals surface area contributed by atoms with Crippen molar-refractivity contribution in [3.05, 3.63) is 28.8 Å². The first-order valence-corrected chi connectivity index (χ1v) is 6.99. The van der Waals surface area contributed by atoms with Crippen molar-refractivity contribution in [2.75, 3.05) is 25.3 Å². The first kappa shape index (κ1) is 16.8. The average Bonchev–Trinajstić information content (AvgIpc) is 2.37. The number of halogens is 2. The molecule has 1 aromatic rings. The maximum absolute atomic E-state index is 12.0. The minimum atomic E-state index is -0.674. The summed E-state index contributed by atoms with van der Waals surface area (Å²) in [7, 11) is 3.30. The van der Waals surface area contributed by atoms with E-state index in [1.54, 1.807) is 46.1 Å². The van der Waals surface area contributed by atoms with Crippen molar-refractivity contribution >= 4 is 40.7 Å². The maximum Gasteiger partial charge on any atom is 0.254 e. The molecule has 1 aromatic carbocycles. The predicted molar refractivity (Wildman–Crippen MR) is 82.6 cm³/mol. The number of carbonyl (C=O) groups excluding carboxylic acids is 2. The molecule has 4 nitrogen and oxygen atoms in total. The molecule has 1 rings (SSSR count). The van der Waals surface area contributed by atoms with Gasteiger partial charge in [0.2, 0.25) is 5.91 Å². The van der Waals surface area contributed by atoms with E-state index in [2.05, 4.69) is 5.32 Å². The van der Waals surface area contributed by atoms with Gasteiger partial charge in [0.1, 0.15) is 0 Å². The number of nitrogens with one attached hydrogen (secondary N) is 1. The minimum absolute atomic E-state index is 0.186. The van der Waals surface area contributed by atoms with Crippen molar-refractivity contribution < 1.29 is 9.59 Å². The lowest BCUT2D eigenvalue weighted by Gasteiger charge is -2.20. The topological polar surface area (TPSA) is 49.4 Å². The highest BCUT2D eigenvalue weighted by atomic mass is 35.5. The van der Waals surface area contributed by atoms with Gasteiger partial charge in [0.25, 0.3) is 5.91 Å². The monoisotopic (exact) mass is 316 g/mol. The van der Waals surface area contributed by atoms with Crippen LogP contribution in [0.4, 0.5) is 5.69 Å². The summed E-state index contributed by atoms with van der Waals surface area (Å²) >= 11 is 11.8. The highest BCUT2D eigenvalue weighted by Gasteiger charge is 2.26. The first-order chi connectivity index (χ1) is 9.19. The van der Waals surface area contributed by atoms with E-state index in [0.29, 0.717) is 16.3 Å². The molecule has 0 spiro atoms. The lowest BCUT2D eigenvalue weighted by molar-refractivity contribution is -0.122. The van der Waals surface area contributed by atoms with E-state index < -0.39 is 5.41 Å². The van der Waals surface area contributed by atoms with Crippen molar-refractivity contribution in [1.82, 2.24) is 4.90 Å². The summed E-state index contributed by atoms with van der Waals surface area (Å²) in [4.78, 5) is 25.3. The molecule has 0 aliphatic carbocycles. The van der Waals surface area contributed by atoms with Gasteiger partial charge in [-0.25, -0.2) is 0 Å². The molecule has 0 atom stereocenters. The lowest BCUT2D eigenvalue weighted by atomic mass is 9.95. The zero-order valence-electron chi connectivity index (χ0n) is 12.0. The molecular formula is C14H18Cl2N2O2. The van der Waals surface area contributed by atoms with Crippen molar-refractivity contribution in [3.63, 3.8) is 0 Å². The molecule has 6 heteroatoms. The van der Waals surface area contributed by atoms with Crippen molar-refractivity contribution in [3.8, 4) is 0 Å². The van der Waals surface area contributed by atoms with Crippen LogP contribution in [-0.2, 0) is 4.79 Å². The van der Waals surface area contributed by atoms with Crippen LogP contribution in [0.2, 0.25) is 5.02 Å². The van der Waals surface area contributed by atoms with Crippen LogP contribution in [0.5, 0.6) is 0 Å². The molecule has 0 saturated carbocycles. The lowest BCUT2D eigenvalue weighted by Crippen LogP contribution is -2.32. The molecule has 0 heterocycles. The molecule has 0 radical (unpaired) electrons. The molecule has 0 saturated heterocycles. The number of hydrogen-bond acceptors (Lipinski definition) is 2. The summed E-state index contributed by atoms with van der Waals surface area (Å²) < 4.78 is 0. The molecule has 2 amide bonds. The Balaban J connectivity index is 2.94. The van der Waals surface area contributed by atoms with Crippen molar-refractivity contribution in [1.29, 1.82) is 0 Å². The number of anilines is 1. The van der Waals surface area contributed by atoms with Gasteiger partial charge < -0.3 is 10.2 Å². The number of hydrogen-bond donors (Lipinski definition) is 1. The van der Waals surface area contributed by atoms with Crippen molar-refractivity contribution in [2.24, 2.45) is 5.41 Å². The second-order valence-corrected chi connectivity index (χ2v) is 6.04. The quantitative estimate of drug-likeness (QED) is 0.867. The third-order valence-corrected chi connectivity index (χ3v) is 3.79. The first-order valence-electron chi connectivity index (χ1n) is 6.07. The Labute approximate surface area is 129 Å². The third-order valence-electron chi connectivity index (χ3n) is 2.81. The highest BCUT2D eigenvalue weighted by Crippen LogP contribution is 2.24. The van der Waals surface area contributed by atoms with Gasteiger partial charge in [-0.3, -0.25) is 9.59 Å². The predicted octanol–water partition coefficient (Wildman–Crippen LogP) is 3.25. The van der Waals surface area contributed by atoms with Crippen LogP contribution in [0.25, 0.3) is 0 Å². The molecule has 0 aliphatic heterocycles. The second-order valence-electron chi connectivity index (χ2n) is 5.37. The standard InChI is InChI=1S/C14H18Cl2N2O2/c1-14(2,8-15)13(20)17-9-5-6-10(11(16)7-9)12(19)18(3)4/h5-7H,8H2,1-4H3,(H,17,20). The molecule has 0 aromatic heterocycles. The Morgan fingerprint density at radius 3 is 2.35 bits per heavy atom. The highest BCUT2D eigenvalue weighted by molar-refractivity contribution is 6.34. The van der Waals surface area contributed by atoms with E-state index in [0.717, 1.165) is 0 Å². The maximum atomic E-state index is 12.0. The fraction of sp³-hybridized carbons (Fsp3) is 0.429.